The van der Waals surface area contributed by atoms with Crippen molar-refractivity contribution in [2.24, 2.45) is 0 Å². The van der Waals surface area contributed by atoms with Crippen LogP contribution in [0, 0.1) is 11.6 Å². The van der Waals surface area contributed by atoms with Crippen LogP contribution in [-0.4, -0.2) is 41.8 Å². The minimum absolute atomic E-state index is 0.0678. The van der Waals surface area contributed by atoms with E-state index in [-0.39, 0.29) is 27.9 Å². The molecule has 32 heavy (non-hydrogen) atoms. The minimum atomic E-state index is -0.967. The Morgan fingerprint density at radius 2 is 1.75 bits per heavy atom. The number of carbonyl (C=O) groups excluding carboxylic acids is 2. The van der Waals surface area contributed by atoms with Crippen LogP contribution < -0.4 is 16.4 Å². The van der Waals surface area contributed by atoms with E-state index < -0.39 is 23.0 Å². The van der Waals surface area contributed by atoms with E-state index in [4.69, 9.17) is 5.73 Å². The van der Waals surface area contributed by atoms with Gasteiger partial charge in [-0.25, -0.2) is 13.8 Å². The summed E-state index contributed by atoms with van der Waals surface area (Å²) < 4.78 is 27.9. The highest BCUT2D eigenvalue weighted by molar-refractivity contribution is 7.18. The summed E-state index contributed by atoms with van der Waals surface area (Å²) >= 11 is 0.885. The molecule has 0 spiro atoms. The lowest BCUT2D eigenvalue weighted by molar-refractivity contribution is 0.0887. The van der Waals surface area contributed by atoms with Crippen molar-refractivity contribution in [3.8, 4) is 0 Å². The van der Waals surface area contributed by atoms with E-state index in [0.717, 1.165) is 29.9 Å². The van der Waals surface area contributed by atoms with Crippen molar-refractivity contribution in [2.75, 3.05) is 25.1 Å². The van der Waals surface area contributed by atoms with Gasteiger partial charge in [0.2, 0.25) is 5.78 Å². The number of hydrogen-bond donors (Lipinski definition) is 3. The van der Waals surface area contributed by atoms with E-state index >= 15 is 0 Å². The number of ketones is 1. The summed E-state index contributed by atoms with van der Waals surface area (Å²) in [6.45, 7) is 1.98. The molecular weight excluding hydrogens is 436 g/mol. The maximum absolute atomic E-state index is 14.0. The number of hydrogen-bond acceptors (Lipinski definition) is 7. The Morgan fingerprint density at radius 3 is 2.31 bits per heavy atom. The molecule has 4 N–H and O–H groups in total. The van der Waals surface area contributed by atoms with Crippen LogP contribution in [0.1, 0.15) is 38.9 Å². The predicted molar refractivity (Wildman–Crippen MR) is 121 cm³/mol. The second kappa shape index (κ2) is 9.84. The molecule has 2 aromatic carbocycles. The van der Waals surface area contributed by atoms with Gasteiger partial charge < -0.3 is 16.4 Å². The lowest BCUT2D eigenvalue weighted by atomic mass is 10.1. The van der Waals surface area contributed by atoms with Crippen LogP contribution in [0.4, 0.5) is 25.4 Å². The Kier molecular flexibility index (Phi) is 7.16. The number of amides is 1. The number of thiazole rings is 1. The summed E-state index contributed by atoms with van der Waals surface area (Å²) in [4.78, 5) is 30.9. The summed E-state index contributed by atoms with van der Waals surface area (Å²) in [5.41, 5.74) is 6.23. The number of aromatic nitrogens is 1. The molecule has 0 radical (unpaired) electrons. The van der Waals surface area contributed by atoms with Crippen LogP contribution in [0.25, 0.3) is 0 Å². The highest BCUT2D eigenvalue weighted by atomic mass is 32.1. The molecule has 0 aliphatic heterocycles. The minimum Gasteiger partial charge on any atom is -0.382 e. The van der Waals surface area contributed by atoms with Gasteiger partial charge in [-0.1, -0.05) is 24.3 Å². The fourth-order valence-electron chi connectivity index (χ4n) is 3.04. The Bertz CT molecular complexity index is 1110. The second-order valence-corrected chi connectivity index (χ2v) is 8.22. The number of rotatable bonds is 8. The zero-order valence-electron chi connectivity index (χ0n) is 17.8. The van der Waals surface area contributed by atoms with Crippen LogP contribution in [0.15, 0.2) is 42.5 Å². The van der Waals surface area contributed by atoms with E-state index in [1.807, 2.05) is 25.9 Å². The van der Waals surface area contributed by atoms with E-state index in [2.05, 4.69) is 15.6 Å². The molecule has 0 aliphatic rings. The van der Waals surface area contributed by atoms with Gasteiger partial charge in [-0.2, -0.15) is 0 Å². The summed E-state index contributed by atoms with van der Waals surface area (Å²) in [5.74, 6) is -3.13. The molecule has 0 bridgehead atoms. The molecule has 7 nitrogen and oxygen atoms in total. The first kappa shape index (κ1) is 23.3. The normalized spacial score (nSPS) is 11.9. The number of nitrogens with two attached hydrogens (primary N) is 1. The molecule has 1 amide bonds. The third kappa shape index (κ3) is 5.09. The van der Waals surface area contributed by atoms with Crippen LogP contribution in [0.3, 0.4) is 0 Å². The lowest BCUT2D eigenvalue weighted by Crippen LogP contribution is -2.44. The molecule has 0 saturated carbocycles. The van der Waals surface area contributed by atoms with Gasteiger partial charge in [0.15, 0.2) is 5.13 Å². The third-order valence-corrected chi connectivity index (χ3v) is 5.74. The van der Waals surface area contributed by atoms with Crippen LogP contribution in [0.2, 0.25) is 0 Å². The summed E-state index contributed by atoms with van der Waals surface area (Å²) in [7, 11) is 3.78. The van der Waals surface area contributed by atoms with Crippen molar-refractivity contribution in [3.05, 3.63) is 70.1 Å². The van der Waals surface area contributed by atoms with E-state index in [1.165, 1.54) is 6.07 Å². The van der Waals surface area contributed by atoms with Crippen molar-refractivity contribution < 1.29 is 18.4 Å². The van der Waals surface area contributed by atoms with E-state index in [9.17, 15) is 18.4 Å². The summed E-state index contributed by atoms with van der Waals surface area (Å²) in [6, 6.07) is 9.85. The molecule has 0 saturated heterocycles. The smallest absolute Gasteiger partial charge is 0.252 e. The third-order valence-electron chi connectivity index (χ3n) is 4.76. The maximum atomic E-state index is 14.0. The van der Waals surface area contributed by atoms with Gasteiger partial charge in [0, 0.05) is 11.3 Å². The van der Waals surface area contributed by atoms with Crippen molar-refractivity contribution in [1.29, 1.82) is 0 Å². The van der Waals surface area contributed by atoms with Gasteiger partial charge >= 0.3 is 0 Å². The zero-order valence-corrected chi connectivity index (χ0v) is 18.6. The van der Waals surface area contributed by atoms with Gasteiger partial charge in [-0.05, 0) is 56.9 Å². The molecule has 1 atom stereocenters. The monoisotopic (exact) mass is 459 g/mol. The molecule has 1 heterocycles. The Morgan fingerprint density at radius 1 is 1.12 bits per heavy atom. The summed E-state index contributed by atoms with van der Waals surface area (Å²) in [5, 5.41) is 6.20. The topological polar surface area (TPSA) is 100 Å². The van der Waals surface area contributed by atoms with Crippen LogP contribution in [-0.2, 0) is 0 Å². The number of nitrogens with one attached hydrogen (secondary N) is 2. The molecule has 1 unspecified atom stereocenters. The maximum Gasteiger partial charge on any atom is 0.252 e. The van der Waals surface area contributed by atoms with Crippen molar-refractivity contribution in [3.63, 3.8) is 0 Å². The Labute approximate surface area is 188 Å². The quantitative estimate of drug-likeness (QED) is 0.348. The number of nitrogen functional groups attached to an aromatic ring is 1. The van der Waals surface area contributed by atoms with Gasteiger partial charge in [0.05, 0.1) is 11.7 Å². The molecule has 0 fully saturated rings. The van der Waals surface area contributed by atoms with Gasteiger partial charge in [-0.3, -0.25) is 14.5 Å². The fourth-order valence-corrected chi connectivity index (χ4v) is 3.89. The van der Waals surface area contributed by atoms with Gasteiger partial charge in [0.1, 0.15) is 22.3 Å². The van der Waals surface area contributed by atoms with Crippen LogP contribution in [0.5, 0.6) is 0 Å². The van der Waals surface area contributed by atoms with Gasteiger partial charge in [-0.15, -0.1) is 0 Å². The Balaban J connectivity index is 1.74. The SMILES string of the molecule is CCC(NC(=O)c1ccc(Nc2nc(N)c(C(=O)c3c(F)cccc3F)s2)cc1)N(C)C. The first-order valence-electron chi connectivity index (χ1n) is 9.80. The molecule has 3 rings (SSSR count). The number of anilines is 3. The average Bonchev–Trinajstić information content (AvgIpc) is 3.11. The largest absolute Gasteiger partial charge is 0.382 e. The molecule has 3 aromatic rings. The number of halogens is 2. The molecule has 10 heteroatoms. The zero-order chi connectivity index (χ0) is 23.4. The average molecular weight is 460 g/mol. The van der Waals surface area contributed by atoms with Crippen LogP contribution >= 0.6 is 11.3 Å². The van der Waals surface area contributed by atoms with E-state index in [0.29, 0.717) is 11.3 Å². The van der Waals surface area contributed by atoms with Crippen molar-refractivity contribution >= 4 is 39.7 Å². The lowest BCUT2D eigenvalue weighted by Gasteiger charge is -2.24. The number of nitrogens with zero attached hydrogens (tertiary/aromatic N) is 2. The standard InChI is InChI=1S/C22H23F2N5O2S/c1-4-16(29(2)3)27-21(31)12-8-10-13(11-9-12)26-22-28-20(25)19(32-22)18(30)17-14(23)6-5-7-15(17)24/h5-11,16H,4,25H2,1-3H3,(H,26,28)(H,27,31). The second-order valence-electron chi connectivity index (χ2n) is 7.22. The molecule has 1 aromatic heterocycles. The molecule has 168 valence electrons. The number of carbonyl (C=O) groups is 2. The van der Waals surface area contributed by atoms with E-state index in [1.54, 1.807) is 24.3 Å². The highest BCUT2D eigenvalue weighted by Gasteiger charge is 2.24. The van der Waals surface area contributed by atoms with Crippen molar-refractivity contribution in [1.82, 2.24) is 15.2 Å². The van der Waals surface area contributed by atoms with Gasteiger partial charge in [0.25, 0.3) is 5.91 Å². The Hall–Kier alpha value is -3.37. The molecule has 0 aliphatic carbocycles. The first-order valence-corrected chi connectivity index (χ1v) is 10.6. The summed E-state index contributed by atoms with van der Waals surface area (Å²) in [6.07, 6.45) is 0.690. The highest BCUT2D eigenvalue weighted by Crippen LogP contribution is 2.31. The van der Waals surface area contributed by atoms with Crippen molar-refractivity contribution in [2.45, 2.75) is 19.5 Å². The number of benzene rings is 2. The molecular formula is C22H23F2N5O2S. The predicted octanol–water partition coefficient (Wildman–Crippen LogP) is 4.01. The fraction of sp³-hybridized carbons (Fsp3) is 0.227. The first-order chi connectivity index (χ1) is 15.2.